The van der Waals surface area contributed by atoms with Crippen molar-refractivity contribution in [1.29, 1.82) is 5.26 Å². The van der Waals surface area contributed by atoms with Crippen molar-refractivity contribution < 1.29 is 0 Å². The van der Waals surface area contributed by atoms with Gasteiger partial charge in [0.2, 0.25) is 0 Å². The maximum atomic E-state index is 8.56. The van der Waals surface area contributed by atoms with E-state index in [0.29, 0.717) is 12.0 Å². The summed E-state index contributed by atoms with van der Waals surface area (Å²) in [5.41, 5.74) is 0.556. The van der Waals surface area contributed by atoms with E-state index >= 15 is 0 Å². The topological polar surface area (TPSA) is 48.7 Å². The van der Waals surface area contributed by atoms with Crippen molar-refractivity contribution in [2.45, 2.75) is 19.4 Å². The van der Waals surface area contributed by atoms with Crippen molar-refractivity contribution in [2.24, 2.45) is 0 Å². The molecule has 0 amide bonds. The van der Waals surface area contributed by atoms with Crippen LogP contribution in [0, 0.1) is 23.7 Å². The maximum Gasteiger partial charge on any atom is 0.126 e. The van der Waals surface area contributed by atoms with Crippen LogP contribution >= 0.6 is 0 Å². The van der Waals surface area contributed by atoms with Gasteiger partial charge in [-0.1, -0.05) is 0 Å². The molecule has 14 heavy (non-hydrogen) atoms. The summed E-state index contributed by atoms with van der Waals surface area (Å²) in [6.07, 6.45) is 7.36. The van der Waals surface area contributed by atoms with Gasteiger partial charge in [0.25, 0.3) is 0 Å². The Bertz CT molecular complexity index is 367. The average Bonchev–Trinajstić information content (AvgIpc) is 2.19. The lowest BCUT2D eigenvalue weighted by molar-refractivity contribution is 0.821. The molecule has 0 aliphatic heterocycles. The number of hydrogen-bond donors (Lipinski definition) is 1. The Kier molecular flexibility index (Phi) is 3.52. The number of terminal acetylenes is 1. The molecule has 0 bridgehead atoms. The molecule has 3 nitrogen and oxygen atoms in total. The van der Waals surface area contributed by atoms with Gasteiger partial charge in [0, 0.05) is 18.7 Å². The second-order valence-corrected chi connectivity index (χ2v) is 3.00. The van der Waals surface area contributed by atoms with Crippen LogP contribution in [0.3, 0.4) is 0 Å². The van der Waals surface area contributed by atoms with Gasteiger partial charge in [-0.05, 0) is 19.1 Å². The van der Waals surface area contributed by atoms with Crippen molar-refractivity contribution in [3.8, 4) is 18.4 Å². The lowest BCUT2D eigenvalue weighted by Gasteiger charge is -2.10. The highest BCUT2D eigenvalue weighted by Gasteiger charge is 2.00. The van der Waals surface area contributed by atoms with Gasteiger partial charge < -0.3 is 5.32 Å². The van der Waals surface area contributed by atoms with E-state index in [0.717, 1.165) is 5.82 Å². The van der Waals surface area contributed by atoms with E-state index in [1.807, 2.05) is 13.0 Å². The zero-order valence-corrected chi connectivity index (χ0v) is 7.99. The Morgan fingerprint density at radius 3 is 2.93 bits per heavy atom. The first-order valence-electron chi connectivity index (χ1n) is 4.32. The summed E-state index contributed by atoms with van der Waals surface area (Å²) in [7, 11) is 0. The predicted octanol–water partition coefficient (Wildman–Crippen LogP) is 1.78. The van der Waals surface area contributed by atoms with E-state index in [9.17, 15) is 0 Å². The third kappa shape index (κ3) is 2.80. The van der Waals surface area contributed by atoms with Crippen LogP contribution < -0.4 is 5.32 Å². The standard InChI is InChI=1S/C11H11N3/c1-3-4-9(2)14-11-6-5-10(7-12)8-13-11/h1,5-6,8-9H,4H2,2H3,(H,13,14). The second kappa shape index (κ2) is 4.89. The first-order chi connectivity index (χ1) is 6.76. The van der Waals surface area contributed by atoms with Gasteiger partial charge in [-0.15, -0.1) is 12.3 Å². The number of pyridine rings is 1. The summed E-state index contributed by atoms with van der Waals surface area (Å²) in [4.78, 5) is 4.07. The van der Waals surface area contributed by atoms with Gasteiger partial charge >= 0.3 is 0 Å². The molecule has 70 valence electrons. The van der Waals surface area contributed by atoms with Crippen LogP contribution in [0.1, 0.15) is 18.9 Å². The molecule has 0 aromatic carbocycles. The van der Waals surface area contributed by atoms with E-state index in [1.54, 1.807) is 12.1 Å². The molecule has 1 aromatic heterocycles. The highest BCUT2D eigenvalue weighted by Crippen LogP contribution is 2.06. The number of anilines is 1. The number of nitriles is 1. The molecule has 1 rings (SSSR count). The molecule has 0 fully saturated rings. The average molecular weight is 185 g/mol. The fourth-order valence-corrected chi connectivity index (χ4v) is 1.03. The van der Waals surface area contributed by atoms with Crippen LogP contribution in [0.2, 0.25) is 0 Å². The molecule has 0 saturated carbocycles. The van der Waals surface area contributed by atoms with E-state index in [2.05, 4.69) is 16.2 Å². The molecule has 0 saturated heterocycles. The Balaban J connectivity index is 2.61. The number of hydrogen-bond acceptors (Lipinski definition) is 3. The fraction of sp³-hybridized carbons (Fsp3) is 0.273. The molecule has 1 N–H and O–H groups in total. The Morgan fingerprint density at radius 2 is 2.43 bits per heavy atom. The molecule has 3 heteroatoms. The number of nitrogens with zero attached hydrogens (tertiary/aromatic N) is 2. The summed E-state index contributed by atoms with van der Waals surface area (Å²) in [6, 6.07) is 5.69. The van der Waals surface area contributed by atoms with Gasteiger partial charge in [-0.25, -0.2) is 4.98 Å². The second-order valence-electron chi connectivity index (χ2n) is 3.00. The maximum absolute atomic E-state index is 8.56. The first kappa shape index (κ1) is 10.1. The molecule has 1 atom stereocenters. The van der Waals surface area contributed by atoms with Gasteiger partial charge in [0.05, 0.1) is 5.56 Å². The number of nitrogens with one attached hydrogen (secondary N) is 1. The lowest BCUT2D eigenvalue weighted by Crippen LogP contribution is -2.14. The molecule has 0 aliphatic rings. The molecular formula is C11H11N3. The summed E-state index contributed by atoms with van der Waals surface area (Å²) >= 11 is 0. The van der Waals surface area contributed by atoms with Crippen LogP contribution in [0.25, 0.3) is 0 Å². The Morgan fingerprint density at radius 1 is 1.64 bits per heavy atom. The molecule has 1 heterocycles. The molecule has 1 unspecified atom stereocenters. The summed E-state index contributed by atoms with van der Waals surface area (Å²) in [6.45, 7) is 1.99. The zero-order valence-electron chi connectivity index (χ0n) is 7.99. The SMILES string of the molecule is C#CCC(C)Nc1ccc(C#N)cn1. The summed E-state index contributed by atoms with van der Waals surface area (Å²) in [5.74, 6) is 3.31. The minimum atomic E-state index is 0.195. The van der Waals surface area contributed by atoms with Crippen molar-refractivity contribution in [3.63, 3.8) is 0 Å². The molecular weight excluding hydrogens is 174 g/mol. The third-order valence-electron chi connectivity index (χ3n) is 1.71. The molecule has 1 aromatic rings. The molecule has 0 aliphatic carbocycles. The van der Waals surface area contributed by atoms with Crippen molar-refractivity contribution in [2.75, 3.05) is 5.32 Å². The molecule has 0 spiro atoms. The van der Waals surface area contributed by atoms with Crippen LogP contribution in [0.15, 0.2) is 18.3 Å². The van der Waals surface area contributed by atoms with Crippen LogP contribution in [-0.2, 0) is 0 Å². The zero-order chi connectivity index (χ0) is 10.4. The van der Waals surface area contributed by atoms with Gasteiger partial charge in [-0.3, -0.25) is 0 Å². The van der Waals surface area contributed by atoms with Gasteiger partial charge in [-0.2, -0.15) is 5.26 Å². The molecule has 0 radical (unpaired) electrons. The Labute approximate surface area is 83.8 Å². The van der Waals surface area contributed by atoms with Crippen molar-refractivity contribution >= 4 is 5.82 Å². The largest absolute Gasteiger partial charge is 0.367 e. The van der Waals surface area contributed by atoms with E-state index in [4.69, 9.17) is 11.7 Å². The lowest BCUT2D eigenvalue weighted by atomic mass is 10.2. The van der Waals surface area contributed by atoms with Crippen LogP contribution in [0.5, 0.6) is 0 Å². The van der Waals surface area contributed by atoms with E-state index in [-0.39, 0.29) is 6.04 Å². The van der Waals surface area contributed by atoms with E-state index in [1.165, 1.54) is 6.20 Å². The van der Waals surface area contributed by atoms with Crippen LogP contribution in [-0.4, -0.2) is 11.0 Å². The number of aromatic nitrogens is 1. The number of rotatable bonds is 3. The van der Waals surface area contributed by atoms with E-state index < -0.39 is 0 Å². The highest BCUT2D eigenvalue weighted by molar-refractivity contribution is 5.39. The van der Waals surface area contributed by atoms with Gasteiger partial charge in [0.1, 0.15) is 11.9 Å². The minimum Gasteiger partial charge on any atom is -0.367 e. The Hall–Kier alpha value is -2.00. The fourth-order valence-electron chi connectivity index (χ4n) is 1.03. The predicted molar refractivity (Wildman–Crippen MR) is 55.5 cm³/mol. The van der Waals surface area contributed by atoms with Crippen molar-refractivity contribution in [3.05, 3.63) is 23.9 Å². The highest BCUT2D eigenvalue weighted by atomic mass is 15.0. The quantitative estimate of drug-likeness (QED) is 0.730. The smallest absolute Gasteiger partial charge is 0.126 e. The summed E-state index contributed by atoms with van der Waals surface area (Å²) in [5, 5.41) is 11.7. The van der Waals surface area contributed by atoms with Gasteiger partial charge in [0.15, 0.2) is 0 Å². The minimum absolute atomic E-state index is 0.195. The van der Waals surface area contributed by atoms with Crippen molar-refractivity contribution in [1.82, 2.24) is 4.98 Å². The normalized spacial score (nSPS) is 11.1. The monoisotopic (exact) mass is 185 g/mol. The van der Waals surface area contributed by atoms with Crippen LogP contribution in [0.4, 0.5) is 5.82 Å². The third-order valence-corrected chi connectivity index (χ3v) is 1.71. The first-order valence-corrected chi connectivity index (χ1v) is 4.32. The summed E-state index contributed by atoms with van der Waals surface area (Å²) < 4.78 is 0.